The number of carbonyl (C=O) groups excluding carboxylic acids is 2. The molecule has 1 aliphatic heterocycles. The zero-order chi connectivity index (χ0) is 26.7. The number of allylic oxidation sites excluding steroid dienone is 1. The highest BCUT2D eigenvalue weighted by Gasteiger charge is 2.43. The Balaban J connectivity index is 2.02. The summed E-state index contributed by atoms with van der Waals surface area (Å²) in [5.74, 6) is -2.53. The van der Waals surface area contributed by atoms with E-state index >= 15 is 0 Å². The first-order chi connectivity index (χ1) is 17.9. The third-order valence-electron chi connectivity index (χ3n) is 6.21. The van der Waals surface area contributed by atoms with Gasteiger partial charge in [0.15, 0.2) is 0 Å². The molecule has 0 radical (unpaired) electrons. The number of hydrogen-bond acceptors (Lipinski definition) is 9. The molecule has 1 unspecified atom stereocenters. The Morgan fingerprint density at radius 3 is 2.41 bits per heavy atom. The Kier molecular flexibility index (Phi) is 7.06. The van der Waals surface area contributed by atoms with Crippen LogP contribution in [0, 0.1) is 18.3 Å². The van der Waals surface area contributed by atoms with E-state index in [1.807, 2.05) is 32.2 Å². The van der Waals surface area contributed by atoms with E-state index in [0.29, 0.717) is 23.4 Å². The van der Waals surface area contributed by atoms with E-state index in [-0.39, 0.29) is 22.7 Å². The molecule has 188 valence electrons. The van der Waals surface area contributed by atoms with E-state index in [9.17, 15) is 14.9 Å². The molecular weight excluding hydrogens is 472 g/mol. The summed E-state index contributed by atoms with van der Waals surface area (Å²) in [6.45, 7) is 3.89. The molecule has 2 N–H and O–H groups in total. The second-order valence-corrected chi connectivity index (χ2v) is 8.31. The quantitative estimate of drug-likeness (QED) is 0.508. The number of nitrogens with zero attached hydrogens (tertiary/aromatic N) is 5. The minimum atomic E-state index is -0.934. The highest BCUT2D eigenvalue weighted by atomic mass is 16.5. The topological polar surface area (TPSA) is 136 Å². The fraction of sp³-hybridized carbons (Fsp3) is 0.222. The second kappa shape index (κ2) is 10.4. The number of nitrogens with two attached hydrogens (primary N) is 1. The van der Waals surface area contributed by atoms with Crippen LogP contribution < -0.4 is 10.6 Å². The van der Waals surface area contributed by atoms with E-state index in [0.717, 1.165) is 11.3 Å². The van der Waals surface area contributed by atoms with Gasteiger partial charge < -0.3 is 15.2 Å². The van der Waals surface area contributed by atoms with Gasteiger partial charge in [-0.25, -0.2) is 14.3 Å². The smallest absolute Gasteiger partial charge is 0.355 e. The number of benzene rings is 2. The average molecular weight is 499 g/mol. The van der Waals surface area contributed by atoms with Crippen LogP contribution in [0.3, 0.4) is 0 Å². The molecule has 0 spiro atoms. The first-order valence-electron chi connectivity index (χ1n) is 11.5. The Labute approximate surface area is 214 Å². The summed E-state index contributed by atoms with van der Waals surface area (Å²) >= 11 is 0. The molecule has 3 aromatic rings. The van der Waals surface area contributed by atoms with Gasteiger partial charge in [-0.3, -0.25) is 4.90 Å². The minimum Gasteiger partial charge on any atom is -0.466 e. The largest absolute Gasteiger partial charge is 0.466 e. The van der Waals surface area contributed by atoms with Crippen LogP contribution in [-0.4, -0.2) is 41.2 Å². The average Bonchev–Trinajstić information content (AvgIpc) is 3.41. The normalized spacial score (nSPS) is 15.4. The van der Waals surface area contributed by atoms with Crippen molar-refractivity contribution in [2.45, 2.75) is 26.2 Å². The van der Waals surface area contributed by atoms with Crippen LogP contribution in [-0.2, 0) is 25.5 Å². The summed E-state index contributed by atoms with van der Waals surface area (Å²) < 4.78 is 11.8. The summed E-state index contributed by atoms with van der Waals surface area (Å²) in [6.07, 6.45) is 2.52. The lowest BCUT2D eigenvalue weighted by Gasteiger charge is -2.36. The monoisotopic (exact) mass is 498 g/mol. The third kappa shape index (κ3) is 4.43. The Morgan fingerprint density at radius 2 is 1.81 bits per heavy atom. The van der Waals surface area contributed by atoms with E-state index in [4.69, 9.17) is 15.2 Å². The van der Waals surface area contributed by atoms with E-state index < -0.39 is 17.9 Å². The van der Waals surface area contributed by atoms with Crippen molar-refractivity contribution < 1.29 is 19.1 Å². The van der Waals surface area contributed by atoms with Crippen molar-refractivity contribution in [3.05, 3.63) is 94.2 Å². The van der Waals surface area contributed by atoms with Crippen molar-refractivity contribution in [2.75, 3.05) is 19.1 Å². The van der Waals surface area contributed by atoms with Crippen LogP contribution in [0.5, 0.6) is 0 Å². The SMILES string of the molecule is CCc1cn(-c2cc(N3C(N)=C(C#N)C(c4ccccc4)C(C(=O)OC)=C3C(=O)OC)ccc2C)nn1. The fourth-order valence-electron chi connectivity index (χ4n) is 4.34. The summed E-state index contributed by atoms with van der Waals surface area (Å²) in [5, 5.41) is 18.6. The maximum Gasteiger partial charge on any atom is 0.355 e. The van der Waals surface area contributed by atoms with Gasteiger partial charge in [-0.2, -0.15) is 5.26 Å². The van der Waals surface area contributed by atoms with Crippen molar-refractivity contribution >= 4 is 17.6 Å². The molecule has 0 aliphatic carbocycles. The van der Waals surface area contributed by atoms with Gasteiger partial charge in [-0.05, 0) is 36.6 Å². The van der Waals surface area contributed by atoms with Gasteiger partial charge >= 0.3 is 11.9 Å². The van der Waals surface area contributed by atoms with Crippen LogP contribution >= 0.6 is 0 Å². The van der Waals surface area contributed by atoms with E-state index in [2.05, 4.69) is 16.4 Å². The number of rotatable bonds is 6. The number of hydrogen-bond donors (Lipinski definition) is 1. The van der Waals surface area contributed by atoms with Gasteiger partial charge in [0.25, 0.3) is 0 Å². The Bertz CT molecular complexity index is 1470. The molecule has 1 atom stereocenters. The third-order valence-corrected chi connectivity index (χ3v) is 6.21. The van der Waals surface area contributed by atoms with Crippen molar-refractivity contribution in [3.8, 4) is 11.8 Å². The van der Waals surface area contributed by atoms with Crippen LogP contribution in [0.1, 0.15) is 29.7 Å². The zero-order valence-electron chi connectivity index (χ0n) is 20.9. The van der Waals surface area contributed by atoms with Crippen molar-refractivity contribution in [3.63, 3.8) is 0 Å². The number of anilines is 1. The van der Waals surface area contributed by atoms with E-state index in [1.54, 1.807) is 41.1 Å². The number of esters is 2. The molecule has 37 heavy (non-hydrogen) atoms. The number of nitriles is 1. The lowest BCUT2D eigenvalue weighted by atomic mass is 9.81. The summed E-state index contributed by atoms with van der Waals surface area (Å²) in [6, 6.07) is 16.3. The number of carbonyl (C=O) groups is 2. The molecular formula is C27H26N6O4. The molecule has 0 saturated carbocycles. The van der Waals surface area contributed by atoms with Crippen molar-refractivity contribution in [1.29, 1.82) is 5.26 Å². The zero-order valence-corrected chi connectivity index (χ0v) is 20.9. The minimum absolute atomic E-state index is 0.00736. The van der Waals surface area contributed by atoms with Crippen molar-refractivity contribution in [2.24, 2.45) is 5.73 Å². The van der Waals surface area contributed by atoms with Crippen LogP contribution in [0.15, 0.2) is 77.4 Å². The van der Waals surface area contributed by atoms with Gasteiger partial charge in [0.05, 0.1) is 54.9 Å². The lowest BCUT2D eigenvalue weighted by molar-refractivity contribution is -0.139. The second-order valence-electron chi connectivity index (χ2n) is 8.31. The Hall–Kier alpha value is -4.91. The first kappa shape index (κ1) is 25.2. The number of aryl methyl sites for hydroxylation is 2. The molecule has 2 heterocycles. The predicted molar refractivity (Wildman–Crippen MR) is 135 cm³/mol. The number of ether oxygens (including phenoxy) is 2. The first-order valence-corrected chi connectivity index (χ1v) is 11.5. The van der Waals surface area contributed by atoms with Gasteiger partial charge in [-0.1, -0.05) is 48.5 Å². The highest BCUT2D eigenvalue weighted by Crippen LogP contribution is 2.43. The molecule has 0 fully saturated rings. The molecule has 10 heteroatoms. The maximum absolute atomic E-state index is 13.2. The lowest BCUT2D eigenvalue weighted by Crippen LogP contribution is -2.40. The molecule has 2 aromatic carbocycles. The molecule has 4 rings (SSSR count). The maximum atomic E-state index is 13.2. The van der Waals surface area contributed by atoms with Crippen LogP contribution in [0.4, 0.5) is 5.69 Å². The van der Waals surface area contributed by atoms with Gasteiger partial charge in [0.2, 0.25) is 0 Å². The van der Waals surface area contributed by atoms with Gasteiger partial charge in [0, 0.05) is 5.69 Å². The predicted octanol–water partition coefficient (Wildman–Crippen LogP) is 3.04. The van der Waals surface area contributed by atoms with Crippen LogP contribution in [0.25, 0.3) is 5.69 Å². The number of aromatic nitrogens is 3. The molecule has 1 aromatic heterocycles. The number of methoxy groups -OCH3 is 2. The van der Waals surface area contributed by atoms with Crippen molar-refractivity contribution in [1.82, 2.24) is 15.0 Å². The summed E-state index contributed by atoms with van der Waals surface area (Å²) in [5.41, 5.74) is 9.89. The fourth-order valence-corrected chi connectivity index (χ4v) is 4.34. The standard InChI is InChI=1S/C27H26N6O4/c1-5-18-15-32(31-30-18)21-13-19(12-11-16(21)2)33-24(27(35)37-4)23(26(34)36-3)22(20(14-28)25(33)29)17-9-7-6-8-10-17/h6-13,15,22H,5,29H2,1-4H3. The van der Waals surface area contributed by atoms with E-state index in [1.165, 1.54) is 19.1 Å². The molecule has 0 amide bonds. The van der Waals surface area contributed by atoms with Crippen LogP contribution in [0.2, 0.25) is 0 Å². The molecule has 0 saturated heterocycles. The molecule has 0 bridgehead atoms. The molecule has 10 nitrogen and oxygen atoms in total. The summed E-state index contributed by atoms with van der Waals surface area (Å²) in [7, 11) is 2.42. The Morgan fingerprint density at radius 1 is 1.11 bits per heavy atom. The van der Waals surface area contributed by atoms with Gasteiger partial charge in [-0.15, -0.1) is 5.10 Å². The highest BCUT2D eigenvalue weighted by molar-refractivity contribution is 6.06. The van der Waals surface area contributed by atoms with Gasteiger partial charge in [0.1, 0.15) is 11.5 Å². The summed E-state index contributed by atoms with van der Waals surface area (Å²) in [4.78, 5) is 27.8. The molecule has 1 aliphatic rings.